The third-order valence-corrected chi connectivity index (χ3v) is 4.38. The van der Waals surface area contributed by atoms with Crippen LogP contribution in [0.4, 0.5) is 0 Å². The summed E-state index contributed by atoms with van der Waals surface area (Å²) in [5, 5.41) is 6.71. The van der Waals surface area contributed by atoms with E-state index in [1.54, 1.807) is 7.05 Å². The molecule has 1 atom stereocenters. The van der Waals surface area contributed by atoms with Gasteiger partial charge in [0.25, 0.3) is 0 Å². The SMILES string of the molecule is CN=C(NCc1ccccc1)NCc1ccc(C)cc1OC1CCOC1. The summed E-state index contributed by atoms with van der Waals surface area (Å²) in [6, 6.07) is 16.6. The van der Waals surface area contributed by atoms with Crippen LogP contribution < -0.4 is 15.4 Å². The van der Waals surface area contributed by atoms with Gasteiger partial charge in [0.05, 0.1) is 13.2 Å². The van der Waals surface area contributed by atoms with Gasteiger partial charge in [0.15, 0.2) is 5.96 Å². The number of rotatable bonds is 6. The zero-order valence-corrected chi connectivity index (χ0v) is 15.5. The third kappa shape index (κ3) is 5.23. The first-order valence-corrected chi connectivity index (χ1v) is 9.07. The summed E-state index contributed by atoms with van der Waals surface area (Å²) >= 11 is 0. The average molecular weight is 353 g/mol. The second-order valence-electron chi connectivity index (χ2n) is 6.48. The first kappa shape index (κ1) is 18.3. The summed E-state index contributed by atoms with van der Waals surface area (Å²) in [4.78, 5) is 4.30. The van der Waals surface area contributed by atoms with Crippen molar-refractivity contribution in [1.82, 2.24) is 10.6 Å². The Labute approximate surface area is 155 Å². The summed E-state index contributed by atoms with van der Waals surface area (Å²) in [5.74, 6) is 1.69. The van der Waals surface area contributed by atoms with E-state index in [0.29, 0.717) is 13.2 Å². The van der Waals surface area contributed by atoms with Crippen molar-refractivity contribution in [3.05, 3.63) is 65.2 Å². The Morgan fingerprint density at radius 2 is 1.96 bits per heavy atom. The predicted molar refractivity (Wildman–Crippen MR) is 105 cm³/mol. The molecule has 0 radical (unpaired) electrons. The average Bonchev–Trinajstić information content (AvgIpc) is 3.17. The Morgan fingerprint density at radius 3 is 2.69 bits per heavy atom. The van der Waals surface area contributed by atoms with Crippen LogP contribution in [0, 0.1) is 6.92 Å². The minimum atomic E-state index is 0.145. The zero-order valence-electron chi connectivity index (χ0n) is 15.5. The molecular weight excluding hydrogens is 326 g/mol. The van der Waals surface area contributed by atoms with Crippen LogP contribution in [0.25, 0.3) is 0 Å². The van der Waals surface area contributed by atoms with Gasteiger partial charge in [-0.25, -0.2) is 0 Å². The number of aliphatic imine (C=N–C) groups is 1. The molecule has 0 saturated carbocycles. The lowest BCUT2D eigenvalue weighted by molar-refractivity contribution is 0.140. The summed E-state index contributed by atoms with van der Waals surface area (Å²) in [6.45, 7) is 4.91. The van der Waals surface area contributed by atoms with Crippen LogP contribution in [0.15, 0.2) is 53.5 Å². The number of benzene rings is 2. The Bertz CT molecular complexity index is 725. The second kappa shape index (κ2) is 9.25. The molecule has 138 valence electrons. The lowest BCUT2D eigenvalue weighted by Crippen LogP contribution is -2.36. The molecule has 1 saturated heterocycles. The van der Waals surface area contributed by atoms with E-state index in [4.69, 9.17) is 9.47 Å². The highest BCUT2D eigenvalue weighted by atomic mass is 16.5. The number of guanidine groups is 1. The molecule has 3 rings (SSSR count). The molecule has 1 aliphatic heterocycles. The summed E-state index contributed by atoms with van der Waals surface area (Å²) in [5.41, 5.74) is 3.52. The van der Waals surface area contributed by atoms with E-state index in [-0.39, 0.29) is 6.10 Å². The molecule has 0 bridgehead atoms. The van der Waals surface area contributed by atoms with E-state index in [1.165, 1.54) is 11.1 Å². The Morgan fingerprint density at radius 1 is 1.15 bits per heavy atom. The number of aryl methyl sites for hydroxylation is 1. The maximum absolute atomic E-state index is 6.16. The van der Waals surface area contributed by atoms with Crippen molar-refractivity contribution in [3.63, 3.8) is 0 Å². The zero-order chi connectivity index (χ0) is 18.2. The van der Waals surface area contributed by atoms with E-state index in [0.717, 1.165) is 36.8 Å². The third-order valence-electron chi connectivity index (χ3n) is 4.38. The van der Waals surface area contributed by atoms with E-state index in [1.807, 2.05) is 18.2 Å². The van der Waals surface area contributed by atoms with Crippen molar-refractivity contribution in [2.24, 2.45) is 4.99 Å². The molecule has 2 aromatic rings. The number of nitrogens with zero attached hydrogens (tertiary/aromatic N) is 1. The summed E-state index contributed by atoms with van der Waals surface area (Å²) in [7, 11) is 1.78. The van der Waals surface area contributed by atoms with Crippen LogP contribution in [0.3, 0.4) is 0 Å². The highest BCUT2D eigenvalue weighted by Gasteiger charge is 2.18. The molecule has 2 aromatic carbocycles. The minimum absolute atomic E-state index is 0.145. The number of nitrogens with one attached hydrogen (secondary N) is 2. The van der Waals surface area contributed by atoms with E-state index >= 15 is 0 Å². The molecule has 2 N–H and O–H groups in total. The second-order valence-corrected chi connectivity index (χ2v) is 6.48. The quantitative estimate of drug-likeness (QED) is 0.619. The largest absolute Gasteiger partial charge is 0.488 e. The lowest BCUT2D eigenvalue weighted by Gasteiger charge is -2.18. The Hall–Kier alpha value is -2.53. The maximum Gasteiger partial charge on any atom is 0.191 e. The first-order chi connectivity index (χ1) is 12.7. The fourth-order valence-electron chi connectivity index (χ4n) is 2.88. The van der Waals surface area contributed by atoms with Gasteiger partial charge in [0.2, 0.25) is 0 Å². The van der Waals surface area contributed by atoms with Crippen molar-refractivity contribution in [2.45, 2.75) is 32.5 Å². The smallest absolute Gasteiger partial charge is 0.191 e. The molecule has 26 heavy (non-hydrogen) atoms. The van der Waals surface area contributed by atoms with Gasteiger partial charge in [0.1, 0.15) is 11.9 Å². The van der Waals surface area contributed by atoms with E-state index in [9.17, 15) is 0 Å². The van der Waals surface area contributed by atoms with Crippen LogP contribution in [0.5, 0.6) is 5.75 Å². The fraction of sp³-hybridized carbons (Fsp3) is 0.381. The first-order valence-electron chi connectivity index (χ1n) is 9.07. The van der Waals surface area contributed by atoms with Gasteiger partial charge in [-0.1, -0.05) is 42.5 Å². The van der Waals surface area contributed by atoms with Gasteiger partial charge < -0.3 is 20.1 Å². The Kier molecular flexibility index (Phi) is 6.50. The van der Waals surface area contributed by atoms with Gasteiger partial charge >= 0.3 is 0 Å². The van der Waals surface area contributed by atoms with Crippen LogP contribution in [0.1, 0.15) is 23.1 Å². The van der Waals surface area contributed by atoms with Crippen molar-refractivity contribution in [1.29, 1.82) is 0 Å². The van der Waals surface area contributed by atoms with Gasteiger partial charge in [0, 0.05) is 32.1 Å². The molecule has 0 aromatic heterocycles. The fourth-order valence-corrected chi connectivity index (χ4v) is 2.88. The molecule has 0 spiro atoms. The van der Waals surface area contributed by atoms with E-state index in [2.05, 4.69) is 52.9 Å². The van der Waals surface area contributed by atoms with Crippen LogP contribution >= 0.6 is 0 Å². The minimum Gasteiger partial charge on any atom is -0.488 e. The molecule has 0 amide bonds. The van der Waals surface area contributed by atoms with Gasteiger partial charge in [-0.15, -0.1) is 0 Å². The van der Waals surface area contributed by atoms with Crippen molar-refractivity contribution < 1.29 is 9.47 Å². The van der Waals surface area contributed by atoms with Crippen LogP contribution in [0.2, 0.25) is 0 Å². The molecule has 5 nitrogen and oxygen atoms in total. The molecule has 1 unspecified atom stereocenters. The number of hydrogen-bond donors (Lipinski definition) is 2. The highest BCUT2D eigenvalue weighted by molar-refractivity contribution is 5.79. The number of ether oxygens (including phenoxy) is 2. The monoisotopic (exact) mass is 353 g/mol. The predicted octanol–water partition coefficient (Wildman–Crippen LogP) is 3.03. The lowest BCUT2D eigenvalue weighted by atomic mass is 10.1. The van der Waals surface area contributed by atoms with Gasteiger partial charge in [-0.05, 0) is 24.1 Å². The standard InChI is InChI=1S/C21H27N3O2/c1-16-8-9-18(20(12-16)26-19-10-11-25-15-19)14-24-21(22-2)23-13-17-6-4-3-5-7-17/h3-9,12,19H,10-11,13-15H2,1-2H3,(H2,22,23,24). The van der Waals surface area contributed by atoms with Crippen LogP contribution in [-0.2, 0) is 17.8 Å². The molecule has 5 heteroatoms. The van der Waals surface area contributed by atoms with Gasteiger partial charge in [-0.3, -0.25) is 4.99 Å². The summed E-state index contributed by atoms with van der Waals surface area (Å²) in [6.07, 6.45) is 1.09. The number of hydrogen-bond acceptors (Lipinski definition) is 3. The topological polar surface area (TPSA) is 54.9 Å². The summed E-state index contributed by atoms with van der Waals surface area (Å²) < 4.78 is 11.6. The molecule has 0 aliphatic carbocycles. The van der Waals surface area contributed by atoms with Crippen LogP contribution in [-0.4, -0.2) is 32.3 Å². The molecular formula is C21H27N3O2. The Balaban J connectivity index is 1.58. The molecule has 1 fully saturated rings. The van der Waals surface area contributed by atoms with Crippen molar-refractivity contribution >= 4 is 5.96 Å². The van der Waals surface area contributed by atoms with E-state index < -0.39 is 0 Å². The molecule has 1 aliphatic rings. The maximum atomic E-state index is 6.16. The van der Waals surface area contributed by atoms with Crippen molar-refractivity contribution in [2.75, 3.05) is 20.3 Å². The van der Waals surface area contributed by atoms with Gasteiger partial charge in [-0.2, -0.15) is 0 Å². The van der Waals surface area contributed by atoms with Crippen molar-refractivity contribution in [3.8, 4) is 5.75 Å². The molecule has 1 heterocycles. The normalized spacial score (nSPS) is 17.2. The highest BCUT2D eigenvalue weighted by Crippen LogP contribution is 2.23.